The maximum Gasteiger partial charge on any atom is 0.407 e. The van der Waals surface area contributed by atoms with Crippen LogP contribution in [0.4, 0.5) is 4.79 Å². The Morgan fingerprint density at radius 3 is 2.61 bits per heavy atom. The lowest BCUT2D eigenvalue weighted by molar-refractivity contribution is 0.0534. The molecular weight excluding hydrogens is 298 g/mol. The number of halogens is 1. The topological polar surface area (TPSA) is 64.1 Å². The molecule has 1 aromatic heterocycles. The molecule has 0 saturated carbocycles. The van der Waals surface area contributed by atoms with Gasteiger partial charge < -0.3 is 10.1 Å². The molecule has 1 aromatic rings. The zero-order valence-corrected chi connectivity index (χ0v) is 12.2. The summed E-state index contributed by atoms with van der Waals surface area (Å²) in [4.78, 5) is 19.4. The van der Waals surface area contributed by atoms with Gasteiger partial charge >= 0.3 is 6.09 Å². The Labute approximate surface area is 115 Å². The summed E-state index contributed by atoms with van der Waals surface area (Å²) in [6.07, 6.45) is 6.36. The predicted octanol–water partition coefficient (Wildman–Crippen LogP) is 2.78. The first-order valence-corrected chi connectivity index (χ1v) is 6.27. The molecule has 1 rings (SSSR count). The average Bonchev–Trinajstić information content (AvgIpc) is 2.24. The summed E-state index contributed by atoms with van der Waals surface area (Å²) < 4.78 is 5.91. The van der Waals surface area contributed by atoms with E-state index in [-0.39, 0.29) is 0 Å². The van der Waals surface area contributed by atoms with Crippen molar-refractivity contribution in [1.82, 2.24) is 15.3 Å². The molecule has 0 unspecified atom stereocenters. The molecule has 1 N–H and O–H groups in total. The Bertz CT molecular complexity index is 424. The molecule has 18 heavy (non-hydrogen) atoms. The molecule has 0 aliphatic heterocycles. The number of nitrogens with one attached hydrogen (secondary N) is 1. The minimum Gasteiger partial charge on any atom is -0.444 e. The lowest BCUT2D eigenvalue weighted by atomic mass is 10.2. The van der Waals surface area contributed by atoms with Crippen molar-refractivity contribution in [2.24, 2.45) is 0 Å². The molecule has 0 spiro atoms. The van der Waals surface area contributed by atoms with Crippen LogP contribution in [0, 0.1) is 0 Å². The number of amides is 1. The Kier molecular flexibility index (Phi) is 5.27. The number of hydrogen-bond acceptors (Lipinski definition) is 4. The van der Waals surface area contributed by atoms with Crippen LogP contribution in [-0.2, 0) is 4.74 Å². The van der Waals surface area contributed by atoms with Gasteiger partial charge in [0.05, 0.1) is 4.47 Å². The van der Waals surface area contributed by atoms with Crippen LogP contribution >= 0.6 is 15.9 Å². The van der Waals surface area contributed by atoms with E-state index in [0.717, 1.165) is 4.47 Å². The van der Waals surface area contributed by atoms with Crippen LogP contribution in [0.5, 0.6) is 0 Å². The summed E-state index contributed by atoms with van der Waals surface area (Å²) in [5.41, 5.74) is -0.484. The van der Waals surface area contributed by atoms with Crippen LogP contribution in [0.1, 0.15) is 26.6 Å². The third-order valence-corrected chi connectivity index (χ3v) is 2.08. The van der Waals surface area contributed by atoms with Gasteiger partial charge in [0.1, 0.15) is 5.60 Å². The average molecular weight is 314 g/mol. The van der Waals surface area contributed by atoms with Crippen LogP contribution < -0.4 is 5.32 Å². The quantitative estimate of drug-likeness (QED) is 0.932. The lowest BCUT2D eigenvalue weighted by Gasteiger charge is -2.19. The predicted molar refractivity (Wildman–Crippen MR) is 73.0 cm³/mol. The van der Waals surface area contributed by atoms with Crippen LogP contribution in [0.15, 0.2) is 22.9 Å². The van der Waals surface area contributed by atoms with Crippen molar-refractivity contribution in [2.75, 3.05) is 6.54 Å². The molecule has 5 nitrogen and oxygen atoms in total. The van der Waals surface area contributed by atoms with Crippen molar-refractivity contribution in [3.05, 3.63) is 28.8 Å². The summed E-state index contributed by atoms with van der Waals surface area (Å²) in [5.74, 6) is 0.587. The molecule has 98 valence electrons. The van der Waals surface area contributed by atoms with E-state index in [1.807, 2.05) is 20.8 Å². The number of carbonyl (C=O) groups excluding carboxylic acids is 1. The second-order valence-corrected chi connectivity index (χ2v) is 5.46. The van der Waals surface area contributed by atoms with Gasteiger partial charge in [-0.3, -0.25) is 0 Å². The van der Waals surface area contributed by atoms with Crippen LogP contribution in [0.2, 0.25) is 0 Å². The molecular formula is C12H16BrN3O2. The minimum atomic E-state index is -0.484. The first-order chi connectivity index (χ1) is 8.37. The first kappa shape index (κ1) is 14.6. The van der Waals surface area contributed by atoms with E-state index in [2.05, 4.69) is 31.2 Å². The summed E-state index contributed by atoms with van der Waals surface area (Å²) >= 11 is 3.25. The summed E-state index contributed by atoms with van der Waals surface area (Å²) in [6, 6.07) is 0. The lowest BCUT2D eigenvalue weighted by Crippen LogP contribution is -2.32. The fourth-order valence-electron chi connectivity index (χ4n) is 1.03. The second-order valence-electron chi connectivity index (χ2n) is 4.54. The van der Waals surface area contributed by atoms with Gasteiger partial charge in [-0.25, -0.2) is 14.8 Å². The van der Waals surface area contributed by atoms with Crippen LogP contribution in [0.25, 0.3) is 6.08 Å². The first-order valence-electron chi connectivity index (χ1n) is 5.48. The number of carbonyl (C=O) groups is 1. The largest absolute Gasteiger partial charge is 0.444 e. The summed E-state index contributed by atoms with van der Waals surface area (Å²) in [5, 5.41) is 2.61. The molecule has 0 saturated heterocycles. The third-order valence-electron chi connectivity index (χ3n) is 1.67. The van der Waals surface area contributed by atoms with Gasteiger partial charge in [0.25, 0.3) is 0 Å². The molecule has 1 amide bonds. The number of hydrogen-bond donors (Lipinski definition) is 1. The molecule has 0 aliphatic carbocycles. The van der Waals surface area contributed by atoms with Gasteiger partial charge in [0, 0.05) is 18.9 Å². The van der Waals surface area contributed by atoms with E-state index < -0.39 is 11.7 Å². The molecule has 0 radical (unpaired) electrons. The molecule has 0 fully saturated rings. The van der Waals surface area contributed by atoms with E-state index >= 15 is 0 Å². The Balaban J connectivity index is 2.33. The zero-order valence-electron chi connectivity index (χ0n) is 10.6. The van der Waals surface area contributed by atoms with Gasteiger partial charge in [-0.15, -0.1) is 0 Å². The number of nitrogens with zero attached hydrogens (tertiary/aromatic N) is 2. The van der Waals surface area contributed by atoms with E-state index in [1.54, 1.807) is 24.5 Å². The highest BCUT2D eigenvalue weighted by molar-refractivity contribution is 9.10. The van der Waals surface area contributed by atoms with E-state index in [9.17, 15) is 4.79 Å². The molecule has 1 heterocycles. The Morgan fingerprint density at radius 2 is 2.06 bits per heavy atom. The monoisotopic (exact) mass is 313 g/mol. The van der Waals surface area contributed by atoms with Crippen LogP contribution in [-0.4, -0.2) is 28.2 Å². The SMILES string of the molecule is CC(C)(C)OC(=O)NCC=Cc1ncc(Br)cn1. The Morgan fingerprint density at radius 1 is 1.44 bits per heavy atom. The molecule has 0 aromatic carbocycles. The number of ether oxygens (including phenoxy) is 1. The Hall–Kier alpha value is -1.43. The van der Waals surface area contributed by atoms with Crippen molar-refractivity contribution in [3.8, 4) is 0 Å². The highest BCUT2D eigenvalue weighted by Gasteiger charge is 2.14. The number of alkyl carbamates (subject to hydrolysis) is 1. The normalized spacial score (nSPS) is 11.6. The van der Waals surface area contributed by atoms with Crippen molar-refractivity contribution in [3.63, 3.8) is 0 Å². The van der Waals surface area contributed by atoms with Crippen molar-refractivity contribution in [1.29, 1.82) is 0 Å². The maximum atomic E-state index is 11.3. The standard InChI is InChI=1S/C12H16BrN3O2/c1-12(2,3)18-11(17)14-6-4-5-10-15-7-9(13)8-16-10/h4-5,7-8H,6H2,1-3H3,(H,14,17). The second kappa shape index (κ2) is 6.49. The van der Waals surface area contributed by atoms with E-state index in [4.69, 9.17) is 4.74 Å². The van der Waals surface area contributed by atoms with Crippen molar-refractivity contribution >= 4 is 28.1 Å². The zero-order chi connectivity index (χ0) is 13.6. The fraction of sp³-hybridized carbons (Fsp3) is 0.417. The molecule has 0 atom stereocenters. The highest BCUT2D eigenvalue weighted by Crippen LogP contribution is 2.06. The van der Waals surface area contributed by atoms with Gasteiger partial charge in [-0.1, -0.05) is 6.08 Å². The molecule has 0 aliphatic rings. The van der Waals surface area contributed by atoms with Gasteiger partial charge in [-0.2, -0.15) is 0 Å². The van der Waals surface area contributed by atoms with E-state index in [0.29, 0.717) is 12.4 Å². The number of rotatable bonds is 3. The van der Waals surface area contributed by atoms with Gasteiger partial charge in [0.2, 0.25) is 0 Å². The summed E-state index contributed by atoms with van der Waals surface area (Å²) in [6.45, 7) is 5.82. The van der Waals surface area contributed by atoms with Crippen molar-refractivity contribution in [2.45, 2.75) is 26.4 Å². The molecule has 6 heteroatoms. The fourth-order valence-corrected chi connectivity index (χ4v) is 1.23. The van der Waals surface area contributed by atoms with Crippen molar-refractivity contribution < 1.29 is 9.53 Å². The third kappa shape index (κ3) is 6.34. The number of aromatic nitrogens is 2. The molecule has 0 bridgehead atoms. The van der Waals surface area contributed by atoms with Gasteiger partial charge in [0.15, 0.2) is 5.82 Å². The van der Waals surface area contributed by atoms with E-state index in [1.165, 1.54) is 0 Å². The van der Waals surface area contributed by atoms with Crippen LogP contribution in [0.3, 0.4) is 0 Å². The van der Waals surface area contributed by atoms with Gasteiger partial charge in [-0.05, 0) is 42.8 Å². The minimum absolute atomic E-state index is 0.369. The smallest absolute Gasteiger partial charge is 0.407 e. The maximum absolute atomic E-state index is 11.3. The highest BCUT2D eigenvalue weighted by atomic mass is 79.9. The summed E-state index contributed by atoms with van der Waals surface area (Å²) in [7, 11) is 0.